The molecule has 0 bridgehead atoms. The van der Waals surface area contributed by atoms with E-state index in [9.17, 15) is 0 Å². The van der Waals surface area contributed by atoms with E-state index in [0.717, 1.165) is 6.42 Å². The number of hydrogen-bond donors (Lipinski definition) is 1. The van der Waals surface area contributed by atoms with Gasteiger partial charge in [0.25, 0.3) is 0 Å². The molecule has 1 radical (unpaired) electrons. The summed E-state index contributed by atoms with van der Waals surface area (Å²) in [5.41, 5.74) is 0. The minimum absolute atomic E-state index is 0.539. The van der Waals surface area contributed by atoms with Crippen LogP contribution in [-0.4, -0.2) is 5.25 Å². The van der Waals surface area contributed by atoms with Crippen LogP contribution in [0.3, 0.4) is 0 Å². The smallest absolute Gasteiger partial charge is 0.00168 e. The molecule has 0 saturated heterocycles. The number of hydrogen-bond acceptors (Lipinski definition) is 1. The van der Waals surface area contributed by atoms with Crippen molar-refractivity contribution < 1.29 is 0 Å². The topological polar surface area (TPSA) is 0 Å². The summed E-state index contributed by atoms with van der Waals surface area (Å²) >= 11 is 4.37. The molecule has 0 aliphatic carbocycles. The van der Waals surface area contributed by atoms with E-state index in [2.05, 4.69) is 26.5 Å². The summed E-state index contributed by atoms with van der Waals surface area (Å²) in [5, 5.41) is 0.539. The van der Waals surface area contributed by atoms with Gasteiger partial charge in [-0.3, -0.25) is 0 Å². The highest BCUT2D eigenvalue weighted by molar-refractivity contribution is 7.80. The molecule has 0 saturated carbocycles. The number of thiol groups is 1. The Morgan fingerprint density at radius 3 is 2.50 bits per heavy atom. The fourth-order valence-electron chi connectivity index (χ4n) is 0.951. The molecular formula is C9H19S. The van der Waals surface area contributed by atoms with Crippen LogP contribution >= 0.6 is 12.6 Å². The van der Waals surface area contributed by atoms with Crippen LogP contribution in [-0.2, 0) is 0 Å². The lowest BCUT2D eigenvalue weighted by atomic mass is 10.1. The summed E-state index contributed by atoms with van der Waals surface area (Å²) in [6.07, 6.45) is 7.60. The van der Waals surface area contributed by atoms with E-state index in [1.54, 1.807) is 0 Å². The minimum Gasteiger partial charge on any atom is -0.176 e. The molecule has 0 fully saturated rings. The van der Waals surface area contributed by atoms with E-state index < -0.39 is 0 Å². The molecule has 0 heterocycles. The molecule has 0 aliphatic rings. The molecule has 0 aromatic heterocycles. The summed E-state index contributed by atoms with van der Waals surface area (Å²) in [5.74, 6) is 0. The van der Waals surface area contributed by atoms with Gasteiger partial charge in [-0.1, -0.05) is 39.5 Å². The van der Waals surface area contributed by atoms with E-state index in [4.69, 9.17) is 0 Å². The second-order valence-corrected chi connectivity index (χ2v) is 3.52. The van der Waals surface area contributed by atoms with Crippen LogP contribution in [0.1, 0.15) is 45.4 Å². The van der Waals surface area contributed by atoms with Crippen molar-refractivity contribution in [2.24, 2.45) is 0 Å². The molecule has 0 aromatic carbocycles. The fourth-order valence-corrected chi connectivity index (χ4v) is 1.13. The lowest BCUT2D eigenvalue weighted by molar-refractivity contribution is 0.620. The molecule has 1 atom stereocenters. The highest BCUT2D eigenvalue weighted by Crippen LogP contribution is 2.11. The lowest BCUT2D eigenvalue weighted by Crippen LogP contribution is -1.95. The Morgan fingerprint density at radius 1 is 1.30 bits per heavy atom. The molecule has 0 rings (SSSR count). The van der Waals surface area contributed by atoms with Gasteiger partial charge < -0.3 is 0 Å². The van der Waals surface area contributed by atoms with Crippen LogP contribution in [0.15, 0.2) is 0 Å². The first kappa shape index (κ1) is 10.3. The van der Waals surface area contributed by atoms with Crippen molar-refractivity contribution in [2.45, 2.75) is 50.7 Å². The predicted octanol–water partition coefficient (Wildman–Crippen LogP) is 3.48. The molecule has 0 amide bonds. The summed E-state index contributed by atoms with van der Waals surface area (Å²) < 4.78 is 0. The summed E-state index contributed by atoms with van der Waals surface area (Å²) in [6.45, 7) is 6.04. The van der Waals surface area contributed by atoms with Crippen LogP contribution in [0.4, 0.5) is 0 Å². The van der Waals surface area contributed by atoms with E-state index in [-0.39, 0.29) is 0 Å². The quantitative estimate of drug-likeness (QED) is 0.445. The molecule has 0 N–H and O–H groups in total. The SMILES string of the molecule is [CH2]CC(S)CCCCCC. The van der Waals surface area contributed by atoms with Crippen LogP contribution < -0.4 is 0 Å². The third-order valence-corrected chi connectivity index (χ3v) is 2.24. The standard InChI is InChI=1S/C9H19S/c1-3-5-6-7-8-9(10)4-2/h9-10H,2-8H2,1H3. The van der Waals surface area contributed by atoms with E-state index >= 15 is 0 Å². The molecule has 1 unspecified atom stereocenters. The van der Waals surface area contributed by atoms with Gasteiger partial charge in [-0.2, -0.15) is 12.6 Å². The van der Waals surface area contributed by atoms with E-state index in [1.807, 2.05) is 0 Å². The second-order valence-electron chi connectivity index (χ2n) is 2.79. The maximum absolute atomic E-state index is 4.37. The first-order chi connectivity index (χ1) is 4.81. The largest absolute Gasteiger partial charge is 0.176 e. The average molecular weight is 159 g/mol. The zero-order valence-electron chi connectivity index (χ0n) is 6.97. The monoisotopic (exact) mass is 159 g/mol. The Morgan fingerprint density at radius 2 is 2.00 bits per heavy atom. The molecule has 0 aliphatic heterocycles. The number of unbranched alkanes of at least 4 members (excludes halogenated alkanes) is 3. The normalized spacial score (nSPS) is 13.5. The summed E-state index contributed by atoms with van der Waals surface area (Å²) in [6, 6.07) is 0. The molecular weight excluding hydrogens is 140 g/mol. The van der Waals surface area contributed by atoms with Gasteiger partial charge in [0.1, 0.15) is 0 Å². The van der Waals surface area contributed by atoms with Crippen molar-refractivity contribution in [3.8, 4) is 0 Å². The van der Waals surface area contributed by atoms with Crippen LogP contribution in [0.5, 0.6) is 0 Å². The summed E-state index contributed by atoms with van der Waals surface area (Å²) in [7, 11) is 0. The van der Waals surface area contributed by atoms with Crippen LogP contribution in [0.25, 0.3) is 0 Å². The number of rotatable bonds is 6. The summed E-state index contributed by atoms with van der Waals surface area (Å²) in [4.78, 5) is 0. The van der Waals surface area contributed by atoms with Gasteiger partial charge in [-0.25, -0.2) is 0 Å². The van der Waals surface area contributed by atoms with Gasteiger partial charge in [0.2, 0.25) is 0 Å². The van der Waals surface area contributed by atoms with Gasteiger partial charge >= 0.3 is 0 Å². The minimum atomic E-state index is 0.539. The van der Waals surface area contributed by atoms with Crippen molar-refractivity contribution in [2.75, 3.05) is 0 Å². The predicted molar refractivity (Wildman–Crippen MR) is 51.5 cm³/mol. The van der Waals surface area contributed by atoms with Gasteiger partial charge in [-0.05, 0) is 12.8 Å². The first-order valence-electron chi connectivity index (χ1n) is 4.28. The third-order valence-electron chi connectivity index (χ3n) is 1.72. The Balaban J connectivity index is 2.89. The molecule has 0 aromatic rings. The Labute approximate surface area is 70.8 Å². The van der Waals surface area contributed by atoms with Crippen molar-refractivity contribution in [1.82, 2.24) is 0 Å². The average Bonchev–Trinajstić information content (AvgIpc) is 1.98. The molecule has 61 valence electrons. The van der Waals surface area contributed by atoms with Crippen molar-refractivity contribution in [3.05, 3.63) is 6.92 Å². The molecule has 10 heavy (non-hydrogen) atoms. The van der Waals surface area contributed by atoms with Gasteiger partial charge in [0, 0.05) is 5.25 Å². The zero-order chi connectivity index (χ0) is 7.82. The van der Waals surface area contributed by atoms with Crippen LogP contribution in [0.2, 0.25) is 0 Å². The first-order valence-corrected chi connectivity index (χ1v) is 4.80. The second kappa shape index (κ2) is 7.46. The Bertz CT molecular complexity index is 61.7. The lowest BCUT2D eigenvalue weighted by Gasteiger charge is -2.05. The van der Waals surface area contributed by atoms with Crippen molar-refractivity contribution in [3.63, 3.8) is 0 Å². The molecule has 1 heteroatoms. The fraction of sp³-hybridized carbons (Fsp3) is 0.889. The molecule has 0 nitrogen and oxygen atoms in total. The van der Waals surface area contributed by atoms with Gasteiger partial charge in [0.05, 0.1) is 0 Å². The van der Waals surface area contributed by atoms with Crippen molar-refractivity contribution >= 4 is 12.6 Å². The van der Waals surface area contributed by atoms with E-state index in [1.165, 1.54) is 32.1 Å². The van der Waals surface area contributed by atoms with Gasteiger partial charge in [0.15, 0.2) is 0 Å². The third kappa shape index (κ3) is 6.47. The zero-order valence-corrected chi connectivity index (χ0v) is 7.87. The maximum Gasteiger partial charge on any atom is 0.00168 e. The Hall–Kier alpha value is 0.350. The van der Waals surface area contributed by atoms with Crippen LogP contribution in [0, 0.1) is 6.92 Å². The molecule has 0 spiro atoms. The Kier molecular flexibility index (Phi) is 7.72. The highest BCUT2D eigenvalue weighted by Gasteiger charge is 1.97. The van der Waals surface area contributed by atoms with Crippen molar-refractivity contribution in [1.29, 1.82) is 0 Å². The maximum atomic E-state index is 4.37. The highest BCUT2D eigenvalue weighted by atomic mass is 32.1. The van der Waals surface area contributed by atoms with E-state index in [0.29, 0.717) is 5.25 Å². The van der Waals surface area contributed by atoms with Gasteiger partial charge in [-0.15, -0.1) is 0 Å².